The fourth-order valence-corrected chi connectivity index (χ4v) is 5.44. The Bertz CT molecular complexity index is 766. The van der Waals surface area contributed by atoms with Crippen LogP contribution in [0.3, 0.4) is 0 Å². The first-order chi connectivity index (χ1) is 12.2. The van der Waals surface area contributed by atoms with E-state index in [1.54, 1.807) is 0 Å². The highest BCUT2D eigenvalue weighted by Gasteiger charge is 2.39. The highest BCUT2D eigenvalue weighted by Crippen LogP contribution is 2.51. The molecule has 0 bridgehead atoms. The van der Waals surface area contributed by atoms with Gasteiger partial charge in [0.15, 0.2) is 0 Å². The molecule has 0 radical (unpaired) electrons. The molecule has 0 aromatic heterocycles. The van der Waals surface area contributed by atoms with Crippen LogP contribution in [0.1, 0.15) is 20.8 Å². The van der Waals surface area contributed by atoms with Gasteiger partial charge in [-0.3, -0.25) is 0 Å². The predicted molar refractivity (Wildman–Crippen MR) is 105 cm³/mol. The normalized spacial score (nSPS) is 14.0. The van der Waals surface area contributed by atoms with Crippen molar-refractivity contribution < 1.29 is 4.11 Å². The third-order valence-corrected chi connectivity index (χ3v) is 7.48. The largest absolute Gasteiger partial charge is 0.109 e. The zero-order valence-corrected chi connectivity index (χ0v) is 14.8. The van der Waals surface area contributed by atoms with Gasteiger partial charge >= 0.3 is 0 Å². The Labute approximate surface area is 144 Å². The molecule has 23 heavy (non-hydrogen) atoms. The summed E-state index contributed by atoms with van der Waals surface area (Å²) < 4.78 is 25.8. The second kappa shape index (κ2) is 6.30. The van der Waals surface area contributed by atoms with E-state index in [-0.39, 0.29) is 0 Å². The molecule has 3 rings (SSSR count). The lowest BCUT2D eigenvalue weighted by molar-refractivity contribution is 1.48. The van der Waals surface area contributed by atoms with Crippen LogP contribution in [0.15, 0.2) is 72.8 Å². The van der Waals surface area contributed by atoms with Gasteiger partial charge in [0.25, 0.3) is 0 Å². The van der Waals surface area contributed by atoms with Gasteiger partial charge in [-0.05, 0) is 57.2 Å². The third-order valence-electron chi connectivity index (χ3n) is 4.26. The Kier molecular flexibility index (Phi) is 3.43. The lowest BCUT2D eigenvalue weighted by Gasteiger charge is -2.23. The van der Waals surface area contributed by atoms with Crippen LogP contribution < -0.4 is 15.9 Å². The first-order valence-corrected chi connectivity index (χ1v) is 9.65. The molecule has 0 fully saturated rings. The van der Waals surface area contributed by atoms with Crippen molar-refractivity contribution in [3.05, 3.63) is 89.5 Å². The average molecular weight is 322 g/mol. The molecule has 0 amide bonds. The van der Waals surface area contributed by atoms with Crippen LogP contribution in [-0.2, 0) is 0 Å². The van der Waals surface area contributed by atoms with E-state index in [9.17, 15) is 0 Å². The fourth-order valence-electron chi connectivity index (χ4n) is 2.75. The lowest BCUT2D eigenvalue weighted by atomic mass is 10.2. The topological polar surface area (TPSA) is 0 Å². The monoisotopic (exact) mass is 322 g/mol. The summed E-state index contributed by atoms with van der Waals surface area (Å²) in [5.74, 6) is 0. The molecule has 3 aromatic rings. The lowest BCUT2D eigenvalue weighted by Crippen LogP contribution is -2.30. The maximum Gasteiger partial charge on any atom is 0.109 e. The minimum Gasteiger partial charge on any atom is -0.0554 e. The van der Waals surface area contributed by atoms with Crippen LogP contribution in [0.25, 0.3) is 0 Å². The van der Waals surface area contributed by atoms with Crippen LogP contribution >= 0.6 is 7.26 Å². The highest BCUT2D eigenvalue weighted by molar-refractivity contribution is 7.95. The van der Waals surface area contributed by atoms with Crippen molar-refractivity contribution in [1.29, 1.82) is 0 Å². The SMILES string of the molecule is [2H]C([2H])([2H])[P+](c1ccc(C)cc1)(c1ccc(C)cc1)c1ccc(C)cc1. The van der Waals surface area contributed by atoms with Gasteiger partial charge in [-0.25, -0.2) is 0 Å². The summed E-state index contributed by atoms with van der Waals surface area (Å²) in [6.07, 6.45) is 0. The number of aryl methyl sites for hydroxylation is 3. The van der Waals surface area contributed by atoms with Crippen molar-refractivity contribution in [3.63, 3.8) is 0 Å². The van der Waals surface area contributed by atoms with Crippen molar-refractivity contribution in [3.8, 4) is 0 Å². The van der Waals surface area contributed by atoms with Crippen molar-refractivity contribution in [2.75, 3.05) is 6.59 Å². The predicted octanol–water partition coefficient (Wildman–Crippen LogP) is 4.54. The molecule has 0 N–H and O–H groups in total. The van der Waals surface area contributed by atoms with E-state index < -0.39 is 13.9 Å². The Morgan fingerprint density at radius 3 is 1.00 bits per heavy atom. The first kappa shape index (κ1) is 12.5. The molecule has 0 unspecified atom stereocenters. The van der Waals surface area contributed by atoms with E-state index in [1.807, 2.05) is 93.6 Å². The summed E-state index contributed by atoms with van der Waals surface area (Å²) in [4.78, 5) is 0. The number of benzene rings is 3. The molecule has 0 saturated heterocycles. The van der Waals surface area contributed by atoms with Crippen LogP contribution in [-0.4, -0.2) is 6.59 Å². The number of rotatable bonds is 3. The van der Waals surface area contributed by atoms with Crippen molar-refractivity contribution >= 4 is 23.2 Å². The molecular weight excluding hydrogens is 295 g/mol. The molecule has 116 valence electrons. The smallest absolute Gasteiger partial charge is 0.0554 e. The van der Waals surface area contributed by atoms with Gasteiger partial charge in [0, 0.05) is 0 Å². The Hall–Kier alpha value is -1.91. The zero-order valence-electron chi connectivity index (χ0n) is 16.9. The van der Waals surface area contributed by atoms with E-state index in [0.717, 1.165) is 32.6 Å². The second-order valence-electron chi connectivity index (χ2n) is 6.18. The number of hydrogen-bond donors (Lipinski definition) is 0. The van der Waals surface area contributed by atoms with Gasteiger partial charge in [-0.15, -0.1) is 0 Å². The molecule has 0 spiro atoms. The second-order valence-corrected chi connectivity index (χ2v) is 9.07. The molecule has 3 aromatic carbocycles. The molecule has 0 atom stereocenters. The third kappa shape index (κ3) is 3.09. The molecular formula is C22H24P+. The maximum atomic E-state index is 8.59. The van der Waals surface area contributed by atoms with Gasteiger partial charge in [0.1, 0.15) is 23.2 Å². The Morgan fingerprint density at radius 2 is 0.783 bits per heavy atom. The van der Waals surface area contributed by atoms with E-state index in [4.69, 9.17) is 4.11 Å². The summed E-state index contributed by atoms with van der Waals surface area (Å²) in [6, 6.07) is 24.0. The summed E-state index contributed by atoms with van der Waals surface area (Å²) in [5, 5.41) is 2.70. The summed E-state index contributed by atoms with van der Waals surface area (Å²) in [6.45, 7) is 3.94. The van der Waals surface area contributed by atoms with Crippen LogP contribution in [0.5, 0.6) is 0 Å². The van der Waals surface area contributed by atoms with Crippen LogP contribution in [0, 0.1) is 20.8 Å². The maximum absolute atomic E-state index is 8.59. The van der Waals surface area contributed by atoms with E-state index in [0.29, 0.717) is 0 Å². The van der Waals surface area contributed by atoms with Gasteiger partial charge in [-0.1, -0.05) is 53.1 Å². The first-order valence-electron chi connectivity index (χ1n) is 9.36. The van der Waals surface area contributed by atoms with Crippen molar-refractivity contribution in [2.45, 2.75) is 20.8 Å². The zero-order chi connectivity index (χ0) is 18.9. The standard InChI is InChI=1S/C22H24P/c1-17-5-11-20(12-6-17)23(4,21-13-7-18(2)8-14-21)22-15-9-19(3)10-16-22/h5-16H,1-4H3/q+1/i4D3. The van der Waals surface area contributed by atoms with Crippen LogP contribution in [0.2, 0.25) is 0 Å². The van der Waals surface area contributed by atoms with Crippen molar-refractivity contribution in [2.24, 2.45) is 0 Å². The molecule has 0 nitrogen and oxygen atoms in total. The average Bonchev–Trinajstić information content (AvgIpc) is 2.59. The molecule has 0 saturated carbocycles. The number of hydrogen-bond acceptors (Lipinski definition) is 0. The Balaban J connectivity index is 2.40. The van der Waals surface area contributed by atoms with Crippen molar-refractivity contribution in [1.82, 2.24) is 0 Å². The minimum atomic E-state index is -2.80. The van der Waals surface area contributed by atoms with E-state index >= 15 is 0 Å². The van der Waals surface area contributed by atoms with Gasteiger partial charge in [-0.2, -0.15) is 0 Å². The quantitative estimate of drug-likeness (QED) is 0.621. The van der Waals surface area contributed by atoms with E-state index in [1.165, 1.54) is 0 Å². The highest BCUT2D eigenvalue weighted by atomic mass is 31.2. The minimum absolute atomic E-state index is 0.899. The molecule has 0 aliphatic rings. The summed E-state index contributed by atoms with van der Waals surface area (Å²) >= 11 is 0. The van der Waals surface area contributed by atoms with Gasteiger partial charge in [0.2, 0.25) is 0 Å². The Morgan fingerprint density at radius 1 is 0.522 bits per heavy atom. The van der Waals surface area contributed by atoms with Gasteiger partial charge < -0.3 is 0 Å². The summed E-state index contributed by atoms with van der Waals surface area (Å²) in [7, 11) is -2.80. The molecule has 0 aliphatic heterocycles. The van der Waals surface area contributed by atoms with E-state index in [2.05, 4.69) is 0 Å². The summed E-state index contributed by atoms with van der Waals surface area (Å²) in [5.41, 5.74) is 3.39. The molecule has 0 heterocycles. The molecule has 1 heteroatoms. The van der Waals surface area contributed by atoms with Crippen LogP contribution in [0.4, 0.5) is 0 Å². The fraction of sp³-hybridized carbons (Fsp3) is 0.182. The van der Waals surface area contributed by atoms with Gasteiger partial charge in [0.05, 0.1) is 10.7 Å². The molecule has 0 aliphatic carbocycles.